The lowest BCUT2D eigenvalue weighted by atomic mass is 10.00. The maximum absolute atomic E-state index is 13.2. The van der Waals surface area contributed by atoms with E-state index in [1.54, 1.807) is 42.5 Å². The Morgan fingerprint density at radius 2 is 1.83 bits per heavy atom. The Bertz CT molecular complexity index is 1810. The van der Waals surface area contributed by atoms with E-state index in [0.717, 1.165) is 16.0 Å². The molecule has 2 aromatic heterocycles. The molecular weight excluding hydrogens is 562 g/mol. The number of nitrogens with zero attached hydrogens (tertiary/aromatic N) is 1. The van der Waals surface area contributed by atoms with Gasteiger partial charge in [0.25, 0.3) is 17.4 Å². The Labute approximate surface area is 242 Å². The predicted octanol–water partition coefficient (Wildman–Crippen LogP) is 2.38. The number of aromatic amines is 1. The summed E-state index contributed by atoms with van der Waals surface area (Å²) in [6.07, 6.45) is 1.19. The molecule has 1 atom stereocenters. The lowest BCUT2D eigenvalue weighted by Gasteiger charge is -2.18. The van der Waals surface area contributed by atoms with E-state index in [0.29, 0.717) is 45.6 Å². The Morgan fingerprint density at radius 1 is 1.07 bits per heavy atom. The first kappa shape index (κ1) is 27.1. The molecule has 0 bridgehead atoms. The zero-order chi connectivity index (χ0) is 29.4. The van der Waals surface area contributed by atoms with Crippen molar-refractivity contribution in [2.75, 3.05) is 19.0 Å². The molecule has 0 saturated carbocycles. The smallest absolute Gasteiger partial charge is 0.337 e. The van der Waals surface area contributed by atoms with Crippen LogP contribution < -0.4 is 26.2 Å². The molecule has 1 aliphatic carbocycles. The minimum Gasteiger partial charge on any atom is -0.482 e. The van der Waals surface area contributed by atoms with E-state index in [1.807, 2.05) is 0 Å². The first-order valence-corrected chi connectivity index (χ1v) is 14.0. The molecule has 3 heterocycles. The molecule has 2 aromatic carbocycles. The van der Waals surface area contributed by atoms with E-state index in [2.05, 4.69) is 25.9 Å². The van der Waals surface area contributed by atoms with E-state index in [1.165, 1.54) is 18.4 Å². The van der Waals surface area contributed by atoms with Crippen LogP contribution >= 0.6 is 11.3 Å². The average molecular weight is 588 g/mol. The molecule has 42 heavy (non-hydrogen) atoms. The molecule has 0 spiro atoms. The van der Waals surface area contributed by atoms with Crippen molar-refractivity contribution in [3.8, 4) is 5.75 Å². The second-order valence-corrected chi connectivity index (χ2v) is 11.0. The van der Waals surface area contributed by atoms with Gasteiger partial charge in [0.15, 0.2) is 6.61 Å². The topological polar surface area (TPSA) is 169 Å². The second-order valence-electron chi connectivity index (χ2n) is 9.88. The minimum absolute atomic E-state index is 0.0453. The van der Waals surface area contributed by atoms with E-state index < -0.39 is 23.4 Å². The third-order valence-corrected chi connectivity index (χ3v) is 8.35. The summed E-state index contributed by atoms with van der Waals surface area (Å²) in [7, 11) is 1.31. The van der Waals surface area contributed by atoms with Crippen LogP contribution in [0.2, 0.25) is 0 Å². The number of anilines is 1. The summed E-state index contributed by atoms with van der Waals surface area (Å²) < 4.78 is 10.1. The van der Waals surface area contributed by atoms with E-state index in [4.69, 9.17) is 9.47 Å². The van der Waals surface area contributed by atoms with Crippen molar-refractivity contribution in [2.45, 2.75) is 31.8 Å². The van der Waals surface area contributed by atoms with Gasteiger partial charge in [-0.2, -0.15) is 0 Å². The van der Waals surface area contributed by atoms with Crippen molar-refractivity contribution in [3.05, 3.63) is 85.8 Å². The maximum atomic E-state index is 13.2. The van der Waals surface area contributed by atoms with Crippen LogP contribution in [-0.4, -0.2) is 47.4 Å². The Kier molecular flexibility index (Phi) is 7.17. The van der Waals surface area contributed by atoms with Gasteiger partial charge in [0.1, 0.15) is 10.6 Å². The molecule has 0 fully saturated rings. The molecule has 4 N–H and O–H groups in total. The largest absolute Gasteiger partial charge is 0.482 e. The highest BCUT2D eigenvalue weighted by molar-refractivity contribution is 7.18. The number of rotatable bonds is 7. The number of fused-ring (bicyclic) bond motifs is 4. The SMILES string of the molecule is COC(=O)c1ccc(CNC(=O)C2CCc3sc4nc(C(=O)NCc5ccc6c(c5)NC(=O)CO6)[nH]c(=O)c4c32)cc1. The number of aromatic nitrogens is 2. The zero-order valence-corrected chi connectivity index (χ0v) is 23.2. The van der Waals surface area contributed by atoms with Crippen LogP contribution in [0.1, 0.15) is 54.9 Å². The van der Waals surface area contributed by atoms with Gasteiger partial charge < -0.3 is 30.4 Å². The Balaban J connectivity index is 1.14. The summed E-state index contributed by atoms with van der Waals surface area (Å²) in [5, 5.41) is 8.71. The summed E-state index contributed by atoms with van der Waals surface area (Å²) in [6.45, 7) is 0.353. The van der Waals surface area contributed by atoms with Gasteiger partial charge in [0.2, 0.25) is 11.7 Å². The lowest BCUT2D eigenvalue weighted by Crippen LogP contribution is -2.29. The molecule has 0 saturated heterocycles. The van der Waals surface area contributed by atoms with Crippen LogP contribution in [0.5, 0.6) is 5.75 Å². The molecule has 1 aliphatic heterocycles. The van der Waals surface area contributed by atoms with Crippen LogP contribution in [0.15, 0.2) is 47.3 Å². The van der Waals surface area contributed by atoms with Gasteiger partial charge in [-0.3, -0.25) is 19.2 Å². The van der Waals surface area contributed by atoms with Gasteiger partial charge in [-0.1, -0.05) is 18.2 Å². The van der Waals surface area contributed by atoms with Gasteiger partial charge in [0.05, 0.1) is 29.7 Å². The van der Waals surface area contributed by atoms with Crippen molar-refractivity contribution in [1.82, 2.24) is 20.6 Å². The number of thiophene rings is 1. The Hall–Kier alpha value is -5.04. The van der Waals surface area contributed by atoms with Crippen molar-refractivity contribution in [1.29, 1.82) is 0 Å². The average Bonchev–Trinajstić information content (AvgIpc) is 3.57. The number of aryl methyl sites for hydroxylation is 1. The van der Waals surface area contributed by atoms with Crippen LogP contribution in [0.25, 0.3) is 10.2 Å². The van der Waals surface area contributed by atoms with Crippen molar-refractivity contribution in [3.63, 3.8) is 0 Å². The number of nitrogens with one attached hydrogen (secondary N) is 4. The van der Waals surface area contributed by atoms with Gasteiger partial charge in [-0.15, -0.1) is 11.3 Å². The highest BCUT2D eigenvalue weighted by atomic mass is 32.1. The number of hydrogen-bond donors (Lipinski definition) is 4. The zero-order valence-electron chi connectivity index (χ0n) is 22.4. The summed E-state index contributed by atoms with van der Waals surface area (Å²) in [5.41, 5.74) is 2.66. The van der Waals surface area contributed by atoms with Crippen LogP contribution in [-0.2, 0) is 33.8 Å². The van der Waals surface area contributed by atoms with Crippen molar-refractivity contribution < 1.29 is 28.7 Å². The van der Waals surface area contributed by atoms with Crippen molar-refractivity contribution in [2.24, 2.45) is 0 Å². The molecular formula is C29H25N5O7S. The molecule has 2 aliphatic rings. The molecule has 6 rings (SSSR count). The molecule has 214 valence electrons. The number of methoxy groups -OCH3 is 1. The van der Waals surface area contributed by atoms with Crippen LogP contribution in [0, 0.1) is 0 Å². The fourth-order valence-electron chi connectivity index (χ4n) is 5.11. The van der Waals surface area contributed by atoms with Gasteiger partial charge in [-0.05, 0) is 53.8 Å². The summed E-state index contributed by atoms with van der Waals surface area (Å²) in [4.78, 5) is 70.7. The predicted molar refractivity (Wildman–Crippen MR) is 153 cm³/mol. The van der Waals surface area contributed by atoms with Gasteiger partial charge in [-0.25, -0.2) is 9.78 Å². The standard InChI is InChI=1S/C29H25N5O7S/c1-40-29(39)16-5-2-14(3-6-16)11-30-25(36)17-7-9-20-22(17)23-26(37)33-24(34-28(23)42-20)27(38)31-12-15-4-8-19-18(10-15)32-21(35)13-41-19/h2-6,8,10,17H,7,9,11-13H2,1H3,(H,30,36)(H,31,38)(H,32,35)(H,33,34,37). The van der Waals surface area contributed by atoms with E-state index in [9.17, 15) is 24.0 Å². The number of benzene rings is 2. The van der Waals surface area contributed by atoms with Gasteiger partial charge >= 0.3 is 5.97 Å². The Morgan fingerprint density at radius 3 is 2.62 bits per heavy atom. The lowest BCUT2D eigenvalue weighted by molar-refractivity contribution is -0.122. The van der Waals surface area contributed by atoms with Crippen LogP contribution in [0.3, 0.4) is 0 Å². The molecule has 3 amide bonds. The third kappa shape index (κ3) is 5.21. The number of H-pyrrole nitrogens is 1. The molecule has 4 aromatic rings. The molecule has 0 radical (unpaired) electrons. The summed E-state index contributed by atoms with van der Waals surface area (Å²) >= 11 is 1.32. The minimum atomic E-state index is -0.562. The molecule has 13 heteroatoms. The number of amides is 3. The number of esters is 1. The number of carbonyl (C=O) groups is 4. The summed E-state index contributed by atoms with van der Waals surface area (Å²) in [6, 6.07) is 11.9. The fraction of sp³-hybridized carbons (Fsp3) is 0.241. The quantitative estimate of drug-likeness (QED) is 0.239. The summed E-state index contributed by atoms with van der Waals surface area (Å²) in [5.74, 6) is -1.56. The molecule has 12 nitrogen and oxygen atoms in total. The monoisotopic (exact) mass is 587 g/mol. The van der Waals surface area contributed by atoms with Crippen LogP contribution in [0.4, 0.5) is 5.69 Å². The first-order chi connectivity index (χ1) is 20.3. The third-order valence-electron chi connectivity index (χ3n) is 7.19. The van der Waals surface area contributed by atoms with Crippen molar-refractivity contribution >= 4 is 50.9 Å². The highest BCUT2D eigenvalue weighted by Crippen LogP contribution is 2.42. The first-order valence-electron chi connectivity index (χ1n) is 13.1. The van der Waals surface area contributed by atoms with E-state index >= 15 is 0 Å². The van der Waals surface area contributed by atoms with E-state index in [-0.39, 0.29) is 37.3 Å². The second kappa shape index (κ2) is 11.1. The fourth-order valence-corrected chi connectivity index (χ4v) is 6.36. The number of carbonyl (C=O) groups excluding carboxylic acids is 4. The highest BCUT2D eigenvalue weighted by Gasteiger charge is 2.34. The normalized spacial score (nSPS) is 15.3. The maximum Gasteiger partial charge on any atom is 0.337 e. The van der Waals surface area contributed by atoms with Gasteiger partial charge in [0, 0.05) is 18.0 Å². The number of hydrogen-bond acceptors (Lipinski definition) is 9. The number of ether oxygens (including phenoxy) is 2. The molecule has 1 unspecified atom stereocenters.